The van der Waals surface area contributed by atoms with E-state index in [1.807, 2.05) is 42.5 Å². The van der Waals surface area contributed by atoms with Crippen LogP contribution in [0.25, 0.3) is 0 Å². The Morgan fingerprint density at radius 1 is 0.929 bits per heavy atom. The van der Waals surface area contributed by atoms with Gasteiger partial charge in [0.25, 0.3) is 11.6 Å². The summed E-state index contributed by atoms with van der Waals surface area (Å²) >= 11 is 0. The van der Waals surface area contributed by atoms with Gasteiger partial charge in [-0.15, -0.1) is 0 Å². The summed E-state index contributed by atoms with van der Waals surface area (Å²) in [7, 11) is 3.03. The van der Waals surface area contributed by atoms with Crippen LogP contribution >= 0.6 is 0 Å². The number of rotatable bonds is 5. The monoisotopic (exact) mass is 562 g/mol. The molecule has 4 atom stereocenters. The number of benzene rings is 3. The first-order chi connectivity index (χ1) is 20.4. The molecule has 3 aliphatic rings. The summed E-state index contributed by atoms with van der Waals surface area (Å²) in [6.07, 6.45) is 3.52. The third-order valence-corrected chi connectivity index (χ3v) is 9.06. The number of carbonyl (C=O) groups is 2. The molecule has 1 aromatic heterocycles. The molecule has 1 saturated heterocycles. The van der Waals surface area contributed by atoms with Crippen molar-refractivity contribution in [3.05, 3.63) is 123 Å². The number of ketones is 1. The maximum Gasteiger partial charge on any atom is 0.269 e. The molecule has 10 heteroatoms. The van der Waals surface area contributed by atoms with Gasteiger partial charge in [0.05, 0.1) is 24.6 Å². The number of fused-ring (bicyclic) bond motifs is 4. The molecule has 0 radical (unpaired) electrons. The number of nitrogens with zero attached hydrogens (tertiary/aromatic N) is 2. The van der Waals surface area contributed by atoms with Crippen LogP contribution in [0.1, 0.15) is 44.6 Å². The summed E-state index contributed by atoms with van der Waals surface area (Å²) in [5.74, 6) is -0.381. The van der Waals surface area contributed by atoms with Crippen LogP contribution in [0.15, 0.2) is 85.2 Å². The van der Waals surface area contributed by atoms with Crippen molar-refractivity contribution < 1.29 is 24.0 Å². The number of aromatic nitrogens is 1. The lowest BCUT2D eigenvalue weighted by Gasteiger charge is -2.41. The second kappa shape index (κ2) is 9.22. The predicted molar refractivity (Wildman–Crippen MR) is 153 cm³/mol. The minimum absolute atomic E-state index is 0.170. The molecule has 7 rings (SSSR count). The van der Waals surface area contributed by atoms with Crippen molar-refractivity contribution in [1.82, 2.24) is 10.3 Å². The highest BCUT2D eigenvalue weighted by Crippen LogP contribution is 2.68. The Balaban J connectivity index is 1.58. The average molecular weight is 563 g/mol. The quantitative estimate of drug-likeness (QED) is 0.264. The molecule has 0 saturated carbocycles. The molecular formula is C32H26N4O6. The van der Waals surface area contributed by atoms with Gasteiger partial charge in [0.15, 0.2) is 17.3 Å². The summed E-state index contributed by atoms with van der Waals surface area (Å²) < 4.78 is 11.1. The molecule has 2 aliphatic heterocycles. The van der Waals surface area contributed by atoms with E-state index in [-0.39, 0.29) is 17.9 Å². The smallest absolute Gasteiger partial charge is 0.269 e. The number of non-ortho nitro benzene ring substituents is 1. The zero-order chi connectivity index (χ0) is 29.2. The van der Waals surface area contributed by atoms with Gasteiger partial charge in [-0.2, -0.15) is 0 Å². The fourth-order valence-corrected chi connectivity index (χ4v) is 7.39. The largest absolute Gasteiger partial charge is 0.493 e. The first-order valence-electron chi connectivity index (χ1n) is 13.5. The van der Waals surface area contributed by atoms with E-state index in [4.69, 9.17) is 9.47 Å². The lowest BCUT2D eigenvalue weighted by atomic mass is 9.58. The zero-order valence-corrected chi connectivity index (χ0v) is 22.8. The standard InChI is InChI=1S/C32H26N4O6/c1-41-25-14-20-17-31(29(37)22(20)16-26(25)42-2)27(18-10-12-33-13-11-18)28(19-6-4-3-5-7-19)35-32(31)23-15-21(36(39)40)8-9-24(23)34-30(32)38/h3-16,27-28,35H,17H2,1-2H3,(H,34,38). The average Bonchev–Trinajstić information content (AvgIpc) is 3.60. The van der Waals surface area contributed by atoms with E-state index in [1.54, 1.807) is 24.5 Å². The van der Waals surface area contributed by atoms with Crippen molar-refractivity contribution >= 4 is 23.1 Å². The number of methoxy groups -OCH3 is 2. The van der Waals surface area contributed by atoms with Crippen molar-refractivity contribution in [2.75, 3.05) is 19.5 Å². The summed E-state index contributed by atoms with van der Waals surface area (Å²) in [5, 5.41) is 18.5. The lowest BCUT2D eigenvalue weighted by molar-refractivity contribution is -0.384. The number of ether oxygens (including phenoxy) is 2. The van der Waals surface area contributed by atoms with E-state index in [0.29, 0.717) is 33.9 Å². The molecule has 1 amide bonds. The molecule has 4 aromatic rings. The SMILES string of the molecule is COc1cc2c(cc1OC)C(=O)C1(C2)C(c2ccncc2)C(c2ccccc2)NC12C(=O)Nc1ccc([N+](=O)[O-])cc12. The van der Waals surface area contributed by atoms with E-state index in [9.17, 15) is 14.9 Å². The third-order valence-electron chi connectivity index (χ3n) is 9.06. The molecular weight excluding hydrogens is 536 g/mol. The van der Waals surface area contributed by atoms with Crippen molar-refractivity contribution in [2.24, 2.45) is 5.41 Å². The van der Waals surface area contributed by atoms with E-state index < -0.39 is 33.7 Å². The van der Waals surface area contributed by atoms with Gasteiger partial charge in [-0.3, -0.25) is 30.0 Å². The number of anilines is 1. The number of hydrogen-bond acceptors (Lipinski definition) is 8. The molecule has 1 fully saturated rings. The Kier molecular flexibility index (Phi) is 5.67. The Hall–Kier alpha value is -5.09. The van der Waals surface area contributed by atoms with E-state index >= 15 is 4.79 Å². The van der Waals surface area contributed by atoms with Crippen molar-refractivity contribution in [3.8, 4) is 11.5 Å². The molecule has 210 valence electrons. The summed E-state index contributed by atoms with van der Waals surface area (Å²) in [6, 6.07) is 20.6. The van der Waals surface area contributed by atoms with Gasteiger partial charge in [0, 0.05) is 53.3 Å². The molecule has 10 nitrogen and oxygen atoms in total. The van der Waals surface area contributed by atoms with Crippen LogP contribution in [0.5, 0.6) is 11.5 Å². The van der Waals surface area contributed by atoms with Gasteiger partial charge in [0.1, 0.15) is 5.54 Å². The van der Waals surface area contributed by atoms with Crippen LogP contribution in [-0.2, 0) is 16.8 Å². The summed E-state index contributed by atoms with van der Waals surface area (Å²) in [6.45, 7) is 0. The van der Waals surface area contributed by atoms with Crippen LogP contribution < -0.4 is 20.1 Å². The van der Waals surface area contributed by atoms with Crippen molar-refractivity contribution in [3.63, 3.8) is 0 Å². The predicted octanol–water partition coefficient (Wildman–Crippen LogP) is 4.71. The molecule has 0 bridgehead atoms. The van der Waals surface area contributed by atoms with E-state index in [1.165, 1.54) is 32.4 Å². The van der Waals surface area contributed by atoms with Crippen molar-refractivity contribution in [2.45, 2.75) is 23.9 Å². The van der Waals surface area contributed by atoms with Gasteiger partial charge in [0.2, 0.25) is 0 Å². The van der Waals surface area contributed by atoms with Gasteiger partial charge >= 0.3 is 0 Å². The van der Waals surface area contributed by atoms with Crippen LogP contribution in [0.3, 0.4) is 0 Å². The minimum Gasteiger partial charge on any atom is -0.493 e. The second-order valence-corrected chi connectivity index (χ2v) is 10.8. The maximum atomic E-state index is 15.1. The molecule has 1 aliphatic carbocycles. The van der Waals surface area contributed by atoms with Crippen LogP contribution in [0.4, 0.5) is 11.4 Å². The summed E-state index contributed by atoms with van der Waals surface area (Å²) in [5.41, 5.74) is 0.399. The number of amides is 1. The minimum atomic E-state index is -1.64. The van der Waals surface area contributed by atoms with E-state index in [0.717, 1.165) is 11.1 Å². The zero-order valence-electron chi connectivity index (χ0n) is 22.8. The number of pyridine rings is 1. The maximum absolute atomic E-state index is 15.1. The van der Waals surface area contributed by atoms with Crippen LogP contribution in [0, 0.1) is 15.5 Å². The van der Waals surface area contributed by atoms with Gasteiger partial charge in [-0.1, -0.05) is 30.3 Å². The first-order valence-corrected chi connectivity index (χ1v) is 13.5. The molecule has 2 spiro atoms. The normalized spacial score (nSPS) is 25.4. The van der Waals surface area contributed by atoms with E-state index in [2.05, 4.69) is 15.6 Å². The topological polar surface area (TPSA) is 133 Å². The van der Waals surface area contributed by atoms with Gasteiger partial charge < -0.3 is 14.8 Å². The molecule has 4 unspecified atom stereocenters. The third kappa shape index (κ3) is 3.26. The Morgan fingerprint density at radius 3 is 2.33 bits per heavy atom. The Bertz CT molecular complexity index is 1780. The highest BCUT2D eigenvalue weighted by atomic mass is 16.6. The second-order valence-electron chi connectivity index (χ2n) is 10.8. The highest BCUT2D eigenvalue weighted by molar-refractivity contribution is 6.16. The molecule has 3 aromatic carbocycles. The van der Waals surface area contributed by atoms with Crippen LogP contribution in [0.2, 0.25) is 0 Å². The van der Waals surface area contributed by atoms with Gasteiger partial charge in [-0.25, -0.2) is 0 Å². The first kappa shape index (κ1) is 25.8. The van der Waals surface area contributed by atoms with Crippen molar-refractivity contribution in [1.29, 1.82) is 0 Å². The number of hydrogen-bond donors (Lipinski definition) is 2. The fourth-order valence-electron chi connectivity index (χ4n) is 7.39. The molecule has 2 N–H and O–H groups in total. The molecule has 42 heavy (non-hydrogen) atoms. The Labute approximate surface area is 240 Å². The highest BCUT2D eigenvalue weighted by Gasteiger charge is 2.75. The number of carbonyl (C=O) groups excluding carboxylic acids is 2. The summed E-state index contributed by atoms with van der Waals surface area (Å²) in [4.78, 5) is 45.2. The lowest BCUT2D eigenvalue weighted by Crippen LogP contribution is -2.57. The van der Waals surface area contributed by atoms with Crippen LogP contribution in [-0.4, -0.2) is 35.8 Å². The van der Waals surface area contributed by atoms with Gasteiger partial charge in [-0.05, 0) is 53.4 Å². The number of nitrogens with one attached hydrogen (secondary N) is 2. The molecule has 3 heterocycles. The number of Topliss-reactive ketones (excluding diaryl/α,β-unsaturated/α-hetero) is 1. The number of nitro benzene ring substituents is 1. The number of nitro groups is 1. The fraction of sp³-hybridized carbons (Fsp3) is 0.219. The Morgan fingerprint density at radius 2 is 1.64 bits per heavy atom.